The Morgan fingerprint density at radius 3 is 2.14 bits per heavy atom. The van der Waals surface area contributed by atoms with E-state index in [2.05, 4.69) is 36.6 Å². The number of likely N-dealkylation sites (N-methyl/N-ethyl adjacent to an activating group) is 1. The Labute approximate surface area is 87.3 Å². The Balaban J connectivity index is 2.44. The fraction of sp³-hybridized carbons (Fsp3) is 0.909. The number of piperazine rings is 1. The van der Waals surface area contributed by atoms with Crippen molar-refractivity contribution in [2.24, 2.45) is 5.92 Å². The number of hydrogen-bond acceptors (Lipinski definition) is 3. The van der Waals surface area contributed by atoms with Crippen molar-refractivity contribution < 1.29 is 0 Å². The minimum absolute atomic E-state index is 0.106. The van der Waals surface area contributed by atoms with Gasteiger partial charge in [0.25, 0.3) is 0 Å². The highest BCUT2D eigenvalue weighted by atomic mass is 15.3. The highest BCUT2D eigenvalue weighted by Crippen LogP contribution is 2.12. The standard InChI is InChI=1S/C11H21N3/c1-4-13-5-7-14(8-6-13)11(9-12)10(2)3/h10-11H,4-8H2,1-3H3. The molecule has 1 unspecified atom stereocenters. The van der Waals surface area contributed by atoms with Gasteiger partial charge < -0.3 is 4.90 Å². The van der Waals surface area contributed by atoms with Crippen molar-refractivity contribution in [1.29, 1.82) is 5.26 Å². The fourth-order valence-corrected chi connectivity index (χ4v) is 2.01. The molecule has 0 aromatic rings. The van der Waals surface area contributed by atoms with Gasteiger partial charge in [0.2, 0.25) is 0 Å². The maximum Gasteiger partial charge on any atom is 0.100 e. The van der Waals surface area contributed by atoms with Crippen LogP contribution in [0.5, 0.6) is 0 Å². The van der Waals surface area contributed by atoms with Gasteiger partial charge in [0.05, 0.1) is 6.07 Å². The van der Waals surface area contributed by atoms with E-state index in [-0.39, 0.29) is 6.04 Å². The van der Waals surface area contributed by atoms with Gasteiger partial charge >= 0.3 is 0 Å². The maximum absolute atomic E-state index is 9.07. The van der Waals surface area contributed by atoms with Crippen molar-refractivity contribution in [2.45, 2.75) is 26.8 Å². The lowest BCUT2D eigenvalue weighted by Crippen LogP contribution is -2.51. The molecular formula is C11H21N3. The second-order valence-corrected chi connectivity index (χ2v) is 4.29. The van der Waals surface area contributed by atoms with Crippen LogP contribution in [-0.2, 0) is 0 Å². The van der Waals surface area contributed by atoms with Crippen molar-refractivity contribution in [3.05, 3.63) is 0 Å². The van der Waals surface area contributed by atoms with E-state index in [9.17, 15) is 0 Å². The molecule has 1 heterocycles. The summed E-state index contributed by atoms with van der Waals surface area (Å²) in [5.74, 6) is 0.438. The van der Waals surface area contributed by atoms with E-state index in [1.807, 2.05) is 0 Å². The molecule has 3 heteroatoms. The lowest BCUT2D eigenvalue weighted by molar-refractivity contribution is 0.102. The third-order valence-electron chi connectivity index (χ3n) is 3.01. The van der Waals surface area contributed by atoms with Gasteiger partial charge in [-0.2, -0.15) is 5.26 Å². The molecule has 0 amide bonds. The van der Waals surface area contributed by atoms with Gasteiger partial charge in [0.1, 0.15) is 6.04 Å². The van der Waals surface area contributed by atoms with Crippen LogP contribution in [0.15, 0.2) is 0 Å². The van der Waals surface area contributed by atoms with Crippen molar-refractivity contribution in [3.63, 3.8) is 0 Å². The van der Waals surface area contributed by atoms with E-state index < -0.39 is 0 Å². The zero-order chi connectivity index (χ0) is 10.6. The van der Waals surface area contributed by atoms with Crippen LogP contribution in [0, 0.1) is 17.2 Å². The molecule has 0 radical (unpaired) electrons. The SMILES string of the molecule is CCN1CCN(C(C#N)C(C)C)CC1. The Morgan fingerprint density at radius 2 is 1.79 bits per heavy atom. The second kappa shape index (κ2) is 5.33. The van der Waals surface area contributed by atoms with Crippen LogP contribution in [0.4, 0.5) is 0 Å². The first kappa shape index (κ1) is 11.5. The Hall–Kier alpha value is -0.590. The zero-order valence-corrected chi connectivity index (χ0v) is 9.53. The Bertz CT molecular complexity index is 199. The number of nitrogens with zero attached hydrogens (tertiary/aromatic N) is 3. The zero-order valence-electron chi connectivity index (χ0n) is 9.53. The summed E-state index contributed by atoms with van der Waals surface area (Å²) in [4.78, 5) is 4.75. The minimum atomic E-state index is 0.106. The van der Waals surface area contributed by atoms with E-state index in [1.54, 1.807) is 0 Å². The van der Waals surface area contributed by atoms with Crippen LogP contribution in [0.2, 0.25) is 0 Å². The predicted molar refractivity (Wildman–Crippen MR) is 57.9 cm³/mol. The lowest BCUT2D eigenvalue weighted by Gasteiger charge is -2.37. The first-order valence-electron chi connectivity index (χ1n) is 5.55. The summed E-state index contributed by atoms with van der Waals surface area (Å²) < 4.78 is 0. The minimum Gasteiger partial charge on any atom is -0.301 e. The van der Waals surface area contributed by atoms with Crippen molar-refractivity contribution in [3.8, 4) is 6.07 Å². The quantitative estimate of drug-likeness (QED) is 0.677. The van der Waals surface area contributed by atoms with Crippen LogP contribution in [0.1, 0.15) is 20.8 Å². The molecule has 0 aliphatic carbocycles. The number of nitriles is 1. The largest absolute Gasteiger partial charge is 0.301 e. The molecule has 0 bridgehead atoms. The van der Waals surface area contributed by atoms with E-state index in [0.717, 1.165) is 32.7 Å². The van der Waals surface area contributed by atoms with E-state index >= 15 is 0 Å². The average molecular weight is 195 g/mol. The normalized spacial score (nSPS) is 22.2. The molecule has 1 rings (SSSR count). The molecule has 0 aromatic carbocycles. The summed E-state index contributed by atoms with van der Waals surface area (Å²) in [7, 11) is 0. The van der Waals surface area contributed by atoms with Gasteiger partial charge in [-0.25, -0.2) is 0 Å². The van der Waals surface area contributed by atoms with Crippen LogP contribution < -0.4 is 0 Å². The fourth-order valence-electron chi connectivity index (χ4n) is 2.01. The van der Waals surface area contributed by atoms with E-state index in [1.165, 1.54) is 0 Å². The van der Waals surface area contributed by atoms with Crippen LogP contribution in [-0.4, -0.2) is 48.6 Å². The molecule has 3 nitrogen and oxygen atoms in total. The molecule has 0 N–H and O–H groups in total. The van der Waals surface area contributed by atoms with Crippen molar-refractivity contribution in [2.75, 3.05) is 32.7 Å². The second-order valence-electron chi connectivity index (χ2n) is 4.29. The van der Waals surface area contributed by atoms with Gasteiger partial charge in [-0.3, -0.25) is 4.90 Å². The van der Waals surface area contributed by atoms with Crippen LogP contribution in [0.3, 0.4) is 0 Å². The van der Waals surface area contributed by atoms with E-state index in [4.69, 9.17) is 5.26 Å². The first-order chi connectivity index (χ1) is 6.69. The molecule has 14 heavy (non-hydrogen) atoms. The van der Waals surface area contributed by atoms with Gasteiger partial charge in [-0.05, 0) is 12.5 Å². The lowest BCUT2D eigenvalue weighted by atomic mass is 10.0. The molecule has 1 aliphatic heterocycles. The van der Waals surface area contributed by atoms with Crippen LogP contribution in [0.25, 0.3) is 0 Å². The summed E-state index contributed by atoms with van der Waals surface area (Å²) in [6, 6.07) is 2.52. The molecule has 0 aromatic heterocycles. The Kier molecular flexibility index (Phi) is 4.37. The maximum atomic E-state index is 9.07. The van der Waals surface area contributed by atoms with Gasteiger partial charge in [-0.1, -0.05) is 20.8 Å². The molecule has 80 valence electrons. The van der Waals surface area contributed by atoms with Crippen molar-refractivity contribution >= 4 is 0 Å². The summed E-state index contributed by atoms with van der Waals surface area (Å²) in [6.07, 6.45) is 0. The molecule has 0 saturated carbocycles. The number of hydrogen-bond donors (Lipinski definition) is 0. The smallest absolute Gasteiger partial charge is 0.100 e. The summed E-state index contributed by atoms with van der Waals surface area (Å²) in [5, 5.41) is 9.07. The number of rotatable bonds is 3. The third-order valence-corrected chi connectivity index (χ3v) is 3.01. The van der Waals surface area contributed by atoms with Crippen LogP contribution >= 0.6 is 0 Å². The highest BCUT2D eigenvalue weighted by Gasteiger charge is 2.24. The monoisotopic (exact) mass is 195 g/mol. The molecule has 1 aliphatic rings. The molecule has 1 fully saturated rings. The van der Waals surface area contributed by atoms with Gasteiger partial charge in [-0.15, -0.1) is 0 Å². The molecular weight excluding hydrogens is 174 g/mol. The summed E-state index contributed by atoms with van der Waals surface area (Å²) >= 11 is 0. The highest BCUT2D eigenvalue weighted by molar-refractivity contribution is 4.95. The topological polar surface area (TPSA) is 30.3 Å². The first-order valence-corrected chi connectivity index (χ1v) is 5.55. The third kappa shape index (κ3) is 2.70. The summed E-state index contributed by atoms with van der Waals surface area (Å²) in [6.45, 7) is 11.9. The Morgan fingerprint density at radius 1 is 1.21 bits per heavy atom. The summed E-state index contributed by atoms with van der Waals surface area (Å²) in [5.41, 5.74) is 0. The van der Waals surface area contributed by atoms with Gasteiger partial charge in [0, 0.05) is 26.2 Å². The van der Waals surface area contributed by atoms with Gasteiger partial charge in [0.15, 0.2) is 0 Å². The molecule has 0 spiro atoms. The predicted octanol–water partition coefficient (Wildman–Crippen LogP) is 1.17. The van der Waals surface area contributed by atoms with E-state index in [0.29, 0.717) is 5.92 Å². The van der Waals surface area contributed by atoms with Crippen molar-refractivity contribution in [1.82, 2.24) is 9.80 Å². The molecule has 1 saturated heterocycles. The molecule has 1 atom stereocenters. The average Bonchev–Trinajstić information content (AvgIpc) is 2.19.